The van der Waals surface area contributed by atoms with E-state index in [1.54, 1.807) is 60.7 Å². The lowest BCUT2D eigenvalue weighted by Gasteiger charge is -2.10. The van der Waals surface area contributed by atoms with Crippen LogP contribution in [0, 0.1) is 10.1 Å². The fourth-order valence-electron chi connectivity index (χ4n) is 5.62. The summed E-state index contributed by atoms with van der Waals surface area (Å²) in [6, 6.07) is 22.0. The largest absolute Gasteiger partial charge is 0.494 e. The summed E-state index contributed by atoms with van der Waals surface area (Å²) in [5, 5.41) is 11.7. The highest BCUT2D eigenvalue weighted by atomic mass is 32.1. The summed E-state index contributed by atoms with van der Waals surface area (Å²) in [4.78, 5) is 64.4. The summed E-state index contributed by atoms with van der Waals surface area (Å²) in [6.07, 6.45) is 8.97. The molecule has 1 aromatic heterocycles. The van der Waals surface area contributed by atoms with Crippen molar-refractivity contribution in [1.82, 2.24) is 4.98 Å². The van der Waals surface area contributed by atoms with E-state index in [1.165, 1.54) is 35.6 Å². The molecule has 0 amide bonds. The molecule has 0 spiro atoms. The summed E-state index contributed by atoms with van der Waals surface area (Å²) in [5.74, 6) is -0.667. The number of benzene rings is 4. The van der Waals surface area contributed by atoms with E-state index in [-0.39, 0.29) is 33.8 Å². The van der Waals surface area contributed by atoms with Gasteiger partial charge in [0, 0.05) is 29.8 Å². The molecule has 0 aliphatic heterocycles. The predicted molar refractivity (Wildman–Crippen MR) is 225 cm³/mol. The van der Waals surface area contributed by atoms with Crippen LogP contribution in [0.15, 0.2) is 110 Å². The van der Waals surface area contributed by atoms with Crippen molar-refractivity contribution in [2.24, 2.45) is 0 Å². The average molecular weight is 837 g/mol. The molecule has 0 saturated carbocycles. The fraction of sp³-hybridized carbons (Fsp3) is 0.267. The number of ether oxygens (including phenoxy) is 6. The zero-order valence-electron chi connectivity index (χ0n) is 32.8. The number of hydrogen-bond donors (Lipinski definition) is 0. The molecule has 0 atom stereocenters. The van der Waals surface area contributed by atoms with Crippen LogP contribution in [0.3, 0.4) is 0 Å². The van der Waals surface area contributed by atoms with Crippen molar-refractivity contribution in [2.75, 3.05) is 26.4 Å². The van der Waals surface area contributed by atoms with Gasteiger partial charge in [-0.25, -0.2) is 24.2 Å². The molecular weight excluding hydrogens is 793 g/mol. The minimum atomic E-state index is -0.650. The Labute approximate surface area is 350 Å². The predicted octanol–water partition coefficient (Wildman–Crippen LogP) is 9.65. The minimum absolute atomic E-state index is 0.0849. The Morgan fingerprint density at radius 1 is 0.600 bits per heavy atom. The topological polar surface area (TPSA) is 180 Å². The van der Waals surface area contributed by atoms with Crippen LogP contribution in [0.25, 0.3) is 20.8 Å². The molecule has 0 aliphatic rings. The van der Waals surface area contributed by atoms with Gasteiger partial charge in [-0.15, -0.1) is 11.3 Å². The number of non-ortho nitro benzene ring substituents is 1. The molecule has 60 heavy (non-hydrogen) atoms. The van der Waals surface area contributed by atoms with Crippen molar-refractivity contribution in [2.45, 2.75) is 51.4 Å². The number of rotatable bonds is 24. The van der Waals surface area contributed by atoms with E-state index in [0.717, 1.165) is 63.5 Å². The Kier molecular flexibility index (Phi) is 16.9. The molecule has 5 rings (SSSR count). The van der Waals surface area contributed by atoms with Crippen LogP contribution in [0.5, 0.6) is 23.0 Å². The lowest BCUT2D eigenvalue weighted by atomic mass is 10.2. The van der Waals surface area contributed by atoms with Gasteiger partial charge in [0.25, 0.3) is 5.69 Å². The number of hydrogen-bond acceptors (Lipinski definition) is 14. The lowest BCUT2D eigenvalue weighted by Crippen LogP contribution is -2.10. The summed E-state index contributed by atoms with van der Waals surface area (Å²) < 4.78 is 33.6. The van der Waals surface area contributed by atoms with Crippen molar-refractivity contribution in [1.29, 1.82) is 0 Å². The molecule has 14 nitrogen and oxygen atoms in total. The van der Waals surface area contributed by atoms with E-state index in [9.17, 15) is 29.3 Å². The van der Waals surface area contributed by atoms with Gasteiger partial charge >= 0.3 is 23.9 Å². The van der Waals surface area contributed by atoms with Crippen LogP contribution in [-0.4, -0.2) is 60.2 Å². The number of thiazole rings is 1. The van der Waals surface area contributed by atoms with E-state index in [4.69, 9.17) is 33.4 Å². The maximum atomic E-state index is 13.3. The van der Waals surface area contributed by atoms with Gasteiger partial charge in [0.05, 0.1) is 42.5 Å². The third-order valence-electron chi connectivity index (χ3n) is 8.82. The molecule has 15 heteroatoms. The van der Waals surface area contributed by atoms with Crippen LogP contribution in [0.2, 0.25) is 0 Å². The van der Waals surface area contributed by atoms with Gasteiger partial charge in [0.2, 0.25) is 0 Å². The van der Waals surface area contributed by atoms with Gasteiger partial charge in [-0.3, -0.25) is 10.1 Å². The van der Waals surface area contributed by atoms with E-state index >= 15 is 0 Å². The number of nitro benzene ring substituents is 1. The molecule has 4 aromatic carbocycles. The maximum Gasteiger partial charge on any atom is 0.343 e. The number of carbonyl (C=O) groups is 4. The smallest absolute Gasteiger partial charge is 0.343 e. The molecule has 0 N–H and O–H groups in total. The number of unbranched alkanes of at least 4 members (excludes halogenated alkanes) is 6. The highest BCUT2D eigenvalue weighted by molar-refractivity contribution is 7.22. The van der Waals surface area contributed by atoms with Crippen LogP contribution in [0.1, 0.15) is 72.1 Å². The number of nitrogens with zero attached hydrogens (tertiary/aromatic N) is 2. The van der Waals surface area contributed by atoms with Crippen molar-refractivity contribution in [3.63, 3.8) is 0 Å². The second-order valence-corrected chi connectivity index (χ2v) is 14.2. The Balaban J connectivity index is 1.21. The Hall–Kier alpha value is -6.87. The molecule has 5 aromatic rings. The van der Waals surface area contributed by atoms with Crippen LogP contribution < -0.4 is 18.9 Å². The van der Waals surface area contributed by atoms with Gasteiger partial charge in [-0.05, 0) is 124 Å². The van der Waals surface area contributed by atoms with Crippen molar-refractivity contribution in [3.8, 4) is 33.6 Å². The number of carbonyl (C=O) groups excluding carboxylic acids is 4. The number of fused-ring (bicyclic) bond motifs is 1. The normalized spacial score (nSPS) is 10.7. The van der Waals surface area contributed by atoms with Gasteiger partial charge < -0.3 is 28.4 Å². The highest BCUT2D eigenvalue weighted by Crippen LogP contribution is 2.41. The number of nitro groups is 1. The molecule has 0 aliphatic carbocycles. The third-order valence-corrected chi connectivity index (χ3v) is 9.94. The van der Waals surface area contributed by atoms with Gasteiger partial charge in [0.15, 0.2) is 11.5 Å². The van der Waals surface area contributed by atoms with Crippen molar-refractivity contribution >= 4 is 51.1 Å². The monoisotopic (exact) mass is 836 g/mol. The summed E-state index contributed by atoms with van der Waals surface area (Å²) in [7, 11) is 0. The summed E-state index contributed by atoms with van der Waals surface area (Å²) in [5.41, 5.74) is 1.29. The quantitative estimate of drug-likeness (QED) is 0.0143. The standard InChI is InChI=1S/C45H44N2O12S/c1-3-39(48)56-29-11-7-5-9-27-54-35-21-15-32(16-22-35)44(50)58-37-25-26-38(42-41(37)46-43(60-42)31-13-19-34(20-14-31)47(52)53)59-45(51)33-17-23-36(24-18-33)55-28-10-6-8-12-30-57-40(49)4-2/h3-4,13-26H,1-2,5-12,27-30H2. The molecule has 0 saturated heterocycles. The highest BCUT2D eigenvalue weighted by Gasteiger charge is 2.21. The Morgan fingerprint density at radius 2 is 1.05 bits per heavy atom. The molecule has 1 heterocycles. The first-order valence-electron chi connectivity index (χ1n) is 19.3. The third kappa shape index (κ3) is 13.3. The Morgan fingerprint density at radius 3 is 1.52 bits per heavy atom. The Bertz CT molecular complexity index is 2140. The number of aromatic nitrogens is 1. The first kappa shape index (κ1) is 44.2. The zero-order valence-corrected chi connectivity index (χ0v) is 33.7. The zero-order chi connectivity index (χ0) is 42.7. The SMILES string of the molecule is C=CC(=O)OCCCCCCOc1ccc(C(=O)Oc2ccc(OC(=O)c3ccc(OCCCCCCOC(=O)C=C)cc3)c3sc(-c4ccc([N+](=O)[O-])cc4)nc23)cc1. The molecule has 0 fully saturated rings. The lowest BCUT2D eigenvalue weighted by molar-refractivity contribution is -0.384. The molecule has 0 bridgehead atoms. The van der Waals surface area contributed by atoms with E-state index in [0.29, 0.717) is 53.2 Å². The average Bonchev–Trinajstić information content (AvgIpc) is 3.73. The van der Waals surface area contributed by atoms with Crippen LogP contribution >= 0.6 is 11.3 Å². The number of esters is 4. The van der Waals surface area contributed by atoms with E-state index in [2.05, 4.69) is 13.2 Å². The van der Waals surface area contributed by atoms with Crippen LogP contribution in [-0.2, 0) is 19.1 Å². The first-order chi connectivity index (χ1) is 29.1. The summed E-state index contributed by atoms with van der Waals surface area (Å²) >= 11 is 1.17. The van der Waals surface area contributed by atoms with Gasteiger partial charge in [-0.1, -0.05) is 13.2 Å². The van der Waals surface area contributed by atoms with Crippen molar-refractivity contribution in [3.05, 3.63) is 131 Å². The summed E-state index contributed by atoms with van der Waals surface area (Å²) in [6.45, 7) is 8.40. The minimum Gasteiger partial charge on any atom is -0.494 e. The van der Waals surface area contributed by atoms with Gasteiger partial charge in [-0.2, -0.15) is 0 Å². The second kappa shape index (κ2) is 22.9. The van der Waals surface area contributed by atoms with E-state index < -0.39 is 28.8 Å². The van der Waals surface area contributed by atoms with Crippen molar-refractivity contribution < 1.29 is 52.5 Å². The second-order valence-electron chi connectivity index (χ2n) is 13.2. The van der Waals surface area contributed by atoms with E-state index in [1.807, 2.05) is 0 Å². The molecular formula is C45H44N2O12S. The van der Waals surface area contributed by atoms with Crippen LogP contribution in [0.4, 0.5) is 5.69 Å². The molecule has 0 unspecified atom stereocenters. The molecule has 312 valence electrons. The molecule has 0 radical (unpaired) electrons. The maximum absolute atomic E-state index is 13.3. The van der Waals surface area contributed by atoms with Gasteiger partial charge in [0.1, 0.15) is 26.7 Å². The fourth-order valence-corrected chi connectivity index (χ4v) is 6.66. The first-order valence-corrected chi connectivity index (χ1v) is 20.1.